The predicted molar refractivity (Wildman–Crippen MR) is 53.7 cm³/mol. The maximum Gasteiger partial charge on any atom is 0.0376 e. The number of aromatic nitrogens is 1. The molecule has 1 aliphatic heterocycles. The third-order valence-corrected chi connectivity index (χ3v) is 3.00. The first-order chi connectivity index (χ1) is 6.18. The lowest BCUT2D eigenvalue weighted by atomic mass is 9.95. The lowest BCUT2D eigenvalue weighted by Gasteiger charge is -2.31. The van der Waals surface area contributed by atoms with Crippen molar-refractivity contribution >= 4 is 0 Å². The van der Waals surface area contributed by atoms with E-state index in [1.807, 2.05) is 6.20 Å². The van der Waals surface area contributed by atoms with Crippen molar-refractivity contribution in [1.82, 2.24) is 9.88 Å². The SMILES string of the molecule is Cc1cc2c(cn1)CCN(C)C2C. The molecule has 0 saturated heterocycles. The fraction of sp³-hybridized carbons (Fsp3) is 0.545. The van der Waals surface area contributed by atoms with E-state index < -0.39 is 0 Å². The van der Waals surface area contributed by atoms with E-state index in [4.69, 9.17) is 0 Å². The molecule has 1 aromatic rings. The molecule has 1 aromatic heterocycles. The average molecular weight is 176 g/mol. The van der Waals surface area contributed by atoms with Crippen LogP contribution in [0.15, 0.2) is 12.3 Å². The van der Waals surface area contributed by atoms with Gasteiger partial charge in [0.05, 0.1) is 0 Å². The van der Waals surface area contributed by atoms with E-state index in [1.165, 1.54) is 11.1 Å². The maximum absolute atomic E-state index is 4.33. The largest absolute Gasteiger partial charge is 0.299 e. The Balaban J connectivity index is 2.45. The number of nitrogens with zero attached hydrogens (tertiary/aromatic N) is 2. The summed E-state index contributed by atoms with van der Waals surface area (Å²) in [6.07, 6.45) is 3.18. The van der Waals surface area contributed by atoms with Crippen molar-refractivity contribution in [1.29, 1.82) is 0 Å². The van der Waals surface area contributed by atoms with Crippen LogP contribution in [0.2, 0.25) is 0 Å². The molecule has 0 aliphatic carbocycles. The third kappa shape index (κ3) is 1.46. The highest BCUT2D eigenvalue weighted by Crippen LogP contribution is 2.27. The molecule has 1 unspecified atom stereocenters. The lowest BCUT2D eigenvalue weighted by molar-refractivity contribution is 0.247. The van der Waals surface area contributed by atoms with Crippen molar-refractivity contribution in [3.8, 4) is 0 Å². The van der Waals surface area contributed by atoms with Crippen LogP contribution < -0.4 is 0 Å². The number of pyridine rings is 1. The molecule has 2 heterocycles. The second-order valence-corrected chi connectivity index (χ2v) is 3.93. The van der Waals surface area contributed by atoms with E-state index in [2.05, 4.69) is 36.8 Å². The van der Waals surface area contributed by atoms with Crippen LogP contribution in [0.25, 0.3) is 0 Å². The molecular formula is C11H16N2. The first kappa shape index (κ1) is 8.70. The number of hydrogen-bond donors (Lipinski definition) is 0. The Morgan fingerprint density at radius 3 is 3.08 bits per heavy atom. The molecule has 1 aliphatic rings. The number of likely N-dealkylation sites (N-methyl/N-ethyl adjacent to an activating group) is 1. The molecule has 13 heavy (non-hydrogen) atoms. The topological polar surface area (TPSA) is 16.1 Å². The summed E-state index contributed by atoms with van der Waals surface area (Å²) in [5.41, 5.74) is 4.01. The van der Waals surface area contributed by atoms with Gasteiger partial charge in [0.25, 0.3) is 0 Å². The molecule has 0 fully saturated rings. The molecule has 0 aromatic carbocycles. The van der Waals surface area contributed by atoms with Crippen molar-refractivity contribution in [2.24, 2.45) is 0 Å². The second kappa shape index (κ2) is 3.11. The van der Waals surface area contributed by atoms with Gasteiger partial charge in [0.1, 0.15) is 0 Å². The van der Waals surface area contributed by atoms with Crippen molar-refractivity contribution in [3.63, 3.8) is 0 Å². The molecule has 0 N–H and O–H groups in total. The summed E-state index contributed by atoms with van der Waals surface area (Å²) >= 11 is 0. The van der Waals surface area contributed by atoms with Crippen LogP contribution in [0, 0.1) is 6.92 Å². The fourth-order valence-electron chi connectivity index (χ4n) is 1.93. The molecule has 0 amide bonds. The van der Waals surface area contributed by atoms with E-state index in [0.29, 0.717) is 6.04 Å². The minimum absolute atomic E-state index is 0.547. The first-order valence-corrected chi connectivity index (χ1v) is 4.84. The normalized spacial score (nSPS) is 22.8. The average Bonchev–Trinajstić information content (AvgIpc) is 2.12. The Morgan fingerprint density at radius 2 is 2.31 bits per heavy atom. The van der Waals surface area contributed by atoms with Crippen LogP contribution in [0.1, 0.15) is 29.8 Å². The zero-order valence-electron chi connectivity index (χ0n) is 8.54. The number of aryl methyl sites for hydroxylation is 1. The summed E-state index contributed by atoms with van der Waals surface area (Å²) in [4.78, 5) is 6.72. The smallest absolute Gasteiger partial charge is 0.0376 e. The summed E-state index contributed by atoms with van der Waals surface area (Å²) in [5.74, 6) is 0. The van der Waals surface area contributed by atoms with Crippen molar-refractivity contribution in [2.45, 2.75) is 26.3 Å². The second-order valence-electron chi connectivity index (χ2n) is 3.93. The van der Waals surface area contributed by atoms with E-state index in [9.17, 15) is 0 Å². The number of rotatable bonds is 0. The first-order valence-electron chi connectivity index (χ1n) is 4.84. The quantitative estimate of drug-likeness (QED) is 0.600. The molecule has 2 nitrogen and oxygen atoms in total. The van der Waals surface area contributed by atoms with Crippen molar-refractivity contribution < 1.29 is 0 Å². The minimum atomic E-state index is 0.547. The Hall–Kier alpha value is -0.890. The van der Waals surface area contributed by atoms with Gasteiger partial charge in [0.2, 0.25) is 0 Å². The Kier molecular flexibility index (Phi) is 2.08. The van der Waals surface area contributed by atoms with E-state index >= 15 is 0 Å². The summed E-state index contributed by atoms with van der Waals surface area (Å²) < 4.78 is 0. The molecular weight excluding hydrogens is 160 g/mol. The van der Waals surface area contributed by atoms with Gasteiger partial charge in [-0.3, -0.25) is 9.88 Å². The van der Waals surface area contributed by atoms with Gasteiger partial charge in [-0.1, -0.05) is 0 Å². The lowest BCUT2D eigenvalue weighted by Crippen LogP contribution is -2.30. The van der Waals surface area contributed by atoms with Gasteiger partial charge in [-0.05, 0) is 44.5 Å². The minimum Gasteiger partial charge on any atom is -0.299 e. The van der Waals surface area contributed by atoms with Crippen LogP contribution in [0.4, 0.5) is 0 Å². The highest BCUT2D eigenvalue weighted by Gasteiger charge is 2.20. The highest BCUT2D eigenvalue weighted by molar-refractivity contribution is 5.31. The van der Waals surface area contributed by atoms with Crippen LogP contribution >= 0.6 is 0 Å². The van der Waals surface area contributed by atoms with E-state index in [-0.39, 0.29) is 0 Å². The van der Waals surface area contributed by atoms with Gasteiger partial charge >= 0.3 is 0 Å². The molecule has 70 valence electrons. The molecule has 0 radical (unpaired) electrons. The van der Waals surface area contributed by atoms with Gasteiger partial charge in [-0.15, -0.1) is 0 Å². The fourth-order valence-corrected chi connectivity index (χ4v) is 1.93. The van der Waals surface area contributed by atoms with Crippen molar-refractivity contribution in [2.75, 3.05) is 13.6 Å². The van der Waals surface area contributed by atoms with Crippen LogP contribution in [0.3, 0.4) is 0 Å². The summed E-state index contributed by atoms with van der Waals surface area (Å²) in [6.45, 7) is 5.47. The molecule has 0 spiro atoms. The summed E-state index contributed by atoms with van der Waals surface area (Å²) in [7, 11) is 2.18. The Morgan fingerprint density at radius 1 is 1.54 bits per heavy atom. The number of fused-ring (bicyclic) bond motifs is 1. The van der Waals surface area contributed by atoms with Crippen LogP contribution in [-0.2, 0) is 6.42 Å². The molecule has 1 atom stereocenters. The van der Waals surface area contributed by atoms with Gasteiger partial charge in [0, 0.05) is 24.5 Å². The Labute approximate surface area is 79.6 Å². The monoisotopic (exact) mass is 176 g/mol. The van der Waals surface area contributed by atoms with Gasteiger partial charge in [0.15, 0.2) is 0 Å². The van der Waals surface area contributed by atoms with E-state index in [0.717, 1.165) is 18.7 Å². The standard InChI is InChI=1S/C11H16N2/c1-8-6-11-9(2)13(3)5-4-10(11)7-12-8/h6-7,9H,4-5H2,1-3H3. The third-order valence-electron chi connectivity index (χ3n) is 3.00. The van der Waals surface area contributed by atoms with Gasteiger partial charge in [-0.25, -0.2) is 0 Å². The molecule has 2 heteroatoms. The van der Waals surface area contributed by atoms with Gasteiger partial charge < -0.3 is 0 Å². The van der Waals surface area contributed by atoms with Crippen LogP contribution in [-0.4, -0.2) is 23.5 Å². The summed E-state index contributed by atoms with van der Waals surface area (Å²) in [6, 6.07) is 2.76. The zero-order chi connectivity index (χ0) is 9.42. The Bertz CT molecular complexity index is 320. The zero-order valence-corrected chi connectivity index (χ0v) is 8.54. The predicted octanol–water partition coefficient (Wildman–Crippen LogP) is 1.94. The highest BCUT2D eigenvalue weighted by atomic mass is 15.1. The van der Waals surface area contributed by atoms with Crippen LogP contribution in [0.5, 0.6) is 0 Å². The van der Waals surface area contributed by atoms with E-state index in [1.54, 1.807) is 0 Å². The van der Waals surface area contributed by atoms with Crippen molar-refractivity contribution in [3.05, 3.63) is 29.1 Å². The maximum atomic E-state index is 4.33. The molecule has 0 saturated carbocycles. The van der Waals surface area contributed by atoms with Gasteiger partial charge in [-0.2, -0.15) is 0 Å². The summed E-state index contributed by atoms with van der Waals surface area (Å²) in [5, 5.41) is 0. The number of hydrogen-bond acceptors (Lipinski definition) is 2. The molecule has 2 rings (SSSR count). The molecule has 0 bridgehead atoms.